The van der Waals surface area contributed by atoms with E-state index in [0.29, 0.717) is 11.7 Å². The van der Waals surface area contributed by atoms with Crippen LogP contribution in [0.3, 0.4) is 0 Å². The number of hydrogen-bond acceptors (Lipinski definition) is 4. The fraction of sp³-hybridized carbons (Fsp3) is 0.571. The van der Waals surface area contributed by atoms with Crippen LogP contribution < -0.4 is 4.90 Å². The van der Waals surface area contributed by atoms with Crippen molar-refractivity contribution < 1.29 is 0 Å². The second-order valence-electron chi connectivity index (χ2n) is 4.79. The summed E-state index contributed by atoms with van der Waals surface area (Å²) in [6.45, 7) is 8.77. The van der Waals surface area contributed by atoms with Crippen LogP contribution in [0.2, 0.25) is 0 Å². The summed E-state index contributed by atoms with van der Waals surface area (Å²) in [6, 6.07) is 6.62. The summed E-state index contributed by atoms with van der Waals surface area (Å²) in [4.78, 5) is 8.88. The molecule has 2 heterocycles. The molecule has 1 saturated heterocycles. The van der Waals surface area contributed by atoms with E-state index in [-0.39, 0.29) is 0 Å². The summed E-state index contributed by atoms with van der Waals surface area (Å²) in [5, 5.41) is 8.87. The van der Waals surface area contributed by atoms with Crippen molar-refractivity contribution in [3.05, 3.63) is 24.0 Å². The highest BCUT2D eigenvalue weighted by molar-refractivity contribution is 5.49. The summed E-state index contributed by atoms with van der Waals surface area (Å²) in [6.07, 6.45) is 2.92. The van der Waals surface area contributed by atoms with Gasteiger partial charge in [0.1, 0.15) is 11.8 Å². The van der Waals surface area contributed by atoms with Crippen molar-refractivity contribution in [2.75, 3.05) is 31.1 Å². The van der Waals surface area contributed by atoms with Crippen molar-refractivity contribution in [1.82, 2.24) is 9.88 Å². The summed E-state index contributed by atoms with van der Waals surface area (Å²) < 4.78 is 0. The molecule has 4 nitrogen and oxygen atoms in total. The third kappa shape index (κ3) is 2.80. The second kappa shape index (κ2) is 5.83. The van der Waals surface area contributed by atoms with Crippen LogP contribution in [0.5, 0.6) is 0 Å². The first-order valence-electron chi connectivity index (χ1n) is 6.59. The van der Waals surface area contributed by atoms with Crippen LogP contribution in [-0.4, -0.2) is 42.1 Å². The molecule has 0 amide bonds. The highest BCUT2D eigenvalue weighted by atomic mass is 15.3. The van der Waals surface area contributed by atoms with E-state index in [1.807, 2.05) is 12.1 Å². The molecule has 1 aliphatic heterocycles. The monoisotopic (exact) mass is 244 g/mol. The minimum absolute atomic E-state index is 0.497. The lowest BCUT2D eigenvalue weighted by Gasteiger charge is -2.38. The normalized spacial score (nSPS) is 18.4. The van der Waals surface area contributed by atoms with Crippen LogP contribution in [0.15, 0.2) is 18.3 Å². The Morgan fingerprint density at radius 3 is 2.72 bits per heavy atom. The van der Waals surface area contributed by atoms with Crippen LogP contribution in [0.4, 0.5) is 5.69 Å². The molecule has 1 aliphatic rings. The number of anilines is 1. The Morgan fingerprint density at radius 2 is 2.11 bits per heavy atom. The highest BCUT2D eigenvalue weighted by Gasteiger charge is 2.20. The Labute approximate surface area is 109 Å². The van der Waals surface area contributed by atoms with E-state index in [1.54, 1.807) is 6.20 Å². The molecule has 1 unspecified atom stereocenters. The first-order chi connectivity index (χ1) is 8.74. The number of nitriles is 1. The van der Waals surface area contributed by atoms with E-state index in [0.717, 1.165) is 31.9 Å². The van der Waals surface area contributed by atoms with Gasteiger partial charge >= 0.3 is 0 Å². The van der Waals surface area contributed by atoms with Gasteiger partial charge in [0, 0.05) is 44.1 Å². The predicted molar refractivity (Wildman–Crippen MR) is 72.5 cm³/mol. The zero-order valence-corrected chi connectivity index (χ0v) is 11.1. The van der Waals surface area contributed by atoms with Gasteiger partial charge in [0.25, 0.3) is 0 Å². The van der Waals surface area contributed by atoms with Crippen molar-refractivity contribution in [2.24, 2.45) is 0 Å². The van der Waals surface area contributed by atoms with E-state index in [4.69, 9.17) is 5.26 Å². The maximum atomic E-state index is 8.87. The lowest BCUT2D eigenvalue weighted by atomic mass is 10.2. The zero-order valence-electron chi connectivity index (χ0n) is 11.1. The molecule has 96 valence electrons. The number of hydrogen-bond donors (Lipinski definition) is 0. The quantitative estimate of drug-likeness (QED) is 0.814. The third-order valence-electron chi connectivity index (χ3n) is 3.75. The van der Waals surface area contributed by atoms with Gasteiger partial charge in [-0.1, -0.05) is 6.92 Å². The van der Waals surface area contributed by atoms with Crippen LogP contribution in [-0.2, 0) is 0 Å². The van der Waals surface area contributed by atoms with E-state index in [2.05, 4.69) is 34.7 Å². The standard InChI is InChI=1S/C14H20N4/c1-3-12(2)17-6-8-18(9-7-17)14-4-5-16-13(10-14)11-15/h4-5,10,12H,3,6-9H2,1-2H3. The van der Waals surface area contributed by atoms with E-state index in [9.17, 15) is 0 Å². The Morgan fingerprint density at radius 1 is 1.39 bits per heavy atom. The van der Waals surface area contributed by atoms with Gasteiger partial charge in [-0.3, -0.25) is 4.90 Å². The topological polar surface area (TPSA) is 43.2 Å². The Balaban J connectivity index is 1.99. The molecule has 2 rings (SSSR count). The molecule has 0 aliphatic carbocycles. The van der Waals surface area contributed by atoms with E-state index in [1.165, 1.54) is 6.42 Å². The number of rotatable bonds is 3. The lowest BCUT2D eigenvalue weighted by Crippen LogP contribution is -2.49. The van der Waals surface area contributed by atoms with Gasteiger partial charge in [-0.05, 0) is 25.5 Å². The first-order valence-corrected chi connectivity index (χ1v) is 6.59. The molecule has 0 N–H and O–H groups in total. The van der Waals surface area contributed by atoms with Crippen molar-refractivity contribution >= 4 is 5.69 Å². The zero-order chi connectivity index (χ0) is 13.0. The van der Waals surface area contributed by atoms with Crippen molar-refractivity contribution in [2.45, 2.75) is 26.3 Å². The van der Waals surface area contributed by atoms with Gasteiger partial charge in [0.2, 0.25) is 0 Å². The van der Waals surface area contributed by atoms with Gasteiger partial charge in [-0.25, -0.2) is 4.98 Å². The van der Waals surface area contributed by atoms with Gasteiger partial charge in [0.15, 0.2) is 0 Å². The van der Waals surface area contributed by atoms with Gasteiger partial charge < -0.3 is 4.90 Å². The van der Waals surface area contributed by atoms with Crippen LogP contribution in [0, 0.1) is 11.3 Å². The lowest BCUT2D eigenvalue weighted by molar-refractivity contribution is 0.193. The smallest absolute Gasteiger partial charge is 0.142 e. The Bertz CT molecular complexity index is 430. The van der Waals surface area contributed by atoms with E-state index < -0.39 is 0 Å². The fourth-order valence-electron chi connectivity index (χ4n) is 2.36. The molecule has 1 aromatic heterocycles. The van der Waals surface area contributed by atoms with Crippen LogP contribution in [0.25, 0.3) is 0 Å². The third-order valence-corrected chi connectivity index (χ3v) is 3.75. The van der Waals surface area contributed by atoms with Crippen LogP contribution >= 0.6 is 0 Å². The summed E-state index contributed by atoms with van der Waals surface area (Å²) in [5.74, 6) is 0. The van der Waals surface area contributed by atoms with E-state index >= 15 is 0 Å². The predicted octanol–water partition coefficient (Wildman–Crippen LogP) is 1.87. The minimum atomic E-state index is 0.497. The molecule has 18 heavy (non-hydrogen) atoms. The average molecular weight is 244 g/mol. The summed E-state index contributed by atoms with van der Waals surface area (Å²) in [5.41, 5.74) is 1.61. The SMILES string of the molecule is CCC(C)N1CCN(c2ccnc(C#N)c2)CC1. The number of piperazine rings is 1. The molecule has 0 aromatic carbocycles. The number of nitrogens with zero attached hydrogens (tertiary/aromatic N) is 4. The van der Waals surface area contributed by atoms with Crippen molar-refractivity contribution in [1.29, 1.82) is 5.26 Å². The van der Waals surface area contributed by atoms with Crippen molar-refractivity contribution in [3.8, 4) is 6.07 Å². The van der Waals surface area contributed by atoms with Gasteiger partial charge in [-0.15, -0.1) is 0 Å². The molecule has 0 saturated carbocycles. The van der Waals surface area contributed by atoms with Gasteiger partial charge in [0.05, 0.1) is 0 Å². The maximum Gasteiger partial charge on any atom is 0.142 e. The fourth-order valence-corrected chi connectivity index (χ4v) is 2.36. The molecular weight excluding hydrogens is 224 g/mol. The molecule has 4 heteroatoms. The Kier molecular flexibility index (Phi) is 4.16. The number of aromatic nitrogens is 1. The molecule has 0 radical (unpaired) electrons. The second-order valence-corrected chi connectivity index (χ2v) is 4.79. The Hall–Kier alpha value is -1.60. The average Bonchev–Trinajstić information content (AvgIpc) is 2.46. The van der Waals surface area contributed by atoms with Gasteiger partial charge in [-0.2, -0.15) is 5.26 Å². The molecule has 1 atom stereocenters. The highest BCUT2D eigenvalue weighted by Crippen LogP contribution is 2.17. The minimum Gasteiger partial charge on any atom is -0.369 e. The molecule has 1 fully saturated rings. The summed E-state index contributed by atoms with van der Waals surface area (Å²) >= 11 is 0. The van der Waals surface area contributed by atoms with Crippen LogP contribution in [0.1, 0.15) is 26.0 Å². The molecular formula is C14H20N4. The molecule has 0 bridgehead atoms. The van der Waals surface area contributed by atoms with Crippen molar-refractivity contribution in [3.63, 3.8) is 0 Å². The molecule has 1 aromatic rings. The molecule has 0 spiro atoms. The number of pyridine rings is 1. The first kappa shape index (κ1) is 12.8. The summed E-state index contributed by atoms with van der Waals surface area (Å²) in [7, 11) is 0. The maximum absolute atomic E-state index is 8.87. The largest absolute Gasteiger partial charge is 0.369 e.